The first kappa shape index (κ1) is 24.4. The lowest BCUT2D eigenvalue weighted by atomic mass is 9.91. The van der Waals surface area contributed by atoms with Crippen LogP contribution in [0.3, 0.4) is 0 Å². The SMILES string of the molecule is C[C@H](CC[C@H](C)c1cccc2ccccc12)O[Si](c1ccccc1)(c1ccccc1)C(C)(C)C. The lowest BCUT2D eigenvalue weighted by molar-refractivity contribution is 0.191. The van der Waals surface area contributed by atoms with Gasteiger partial charge in [0.15, 0.2) is 0 Å². The highest BCUT2D eigenvalue weighted by Crippen LogP contribution is 2.38. The molecule has 4 rings (SSSR count). The van der Waals surface area contributed by atoms with Crippen LogP contribution < -0.4 is 10.4 Å². The average Bonchev–Trinajstić information content (AvgIpc) is 2.85. The van der Waals surface area contributed by atoms with E-state index in [0.717, 1.165) is 12.8 Å². The normalized spacial score (nSPS) is 14.1. The Morgan fingerprint density at radius 3 is 1.76 bits per heavy atom. The molecular formula is C32H38OSi. The molecule has 2 heteroatoms. The zero-order chi connectivity index (χ0) is 24.2. The van der Waals surface area contributed by atoms with Gasteiger partial charge < -0.3 is 4.43 Å². The maximum Gasteiger partial charge on any atom is 0.261 e. The Hall–Kier alpha value is -2.68. The summed E-state index contributed by atoms with van der Waals surface area (Å²) in [6, 6.07) is 37.3. The fourth-order valence-electron chi connectivity index (χ4n) is 5.37. The molecular weight excluding hydrogens is 428 g/mol. The highest BCUT2D eigenvalue weighted by Gasteiger charge is 2.50. The van der Waals surface area contributed by atoms with Gasteiger partial charge in [-0.15, -0.1) is 0 Å². The van der Waals surface area contributed by atoms with E-state index in [-0.39, 0.29) is 11.1 Å². The van der Waals surface area contributed by atoms with Crippen molar-refractivity contribution in [2.75, 3.05) is 0 Å². The number of benzene rings is 4. The topological polar surface area (TPSA) is 9.23 Å². The van der Waals surface area contributed by atoms with Crippen LogP contribution in [0.1, 0.15) is 58.9 Å². The maximum absolute atomic E-state index is 7.29. The van der Waals surface area contributed by atoms with E-state index in [9.17, 15) is 0 Å². The molecule has 0 bridgehead atoms. The number of rotatable bonds is 8. The standard InChI is InChI=1S/C32H38OSi/c1-25(30-22-14-16-27-15-12-13-21-31(27)30)23-24-26(2)33-34(32(3,4)5,28-17-8-6-9-18-28)29-19-10-7-11-20-29/h6-22,25-26H,23-24H2,1-5H3/t25-,26+/m0/s1. The van der Waals surface area contributed by atoms with Gasteiger partial charge in [0.1, 0.15) is 0 Å². The summed E-state index contributed by atoms with van der Waals surface area (Å²) >= 11 is 0. The number of hydrogen-bond acceptors (Lipinski definition) is 1. The van der Waals surface area contributed by atoms with Crippen LogP contribution >= 0.6 is 0 Å². The van der Waals surface area contributed by atoms with Crippen molar-refractivity contribution in [3.8, 4) is 0 Å². The quantitative estimate of drug-likeness (QED) is 0.242. The highest BCUT2D eigenvalue weighted by molar-refractivity contribution is 6.99. The Morgan fingerprint density at radius 1 is 0.647 bits per heavy atom. The molecule has 0 radical (unpaired) electrons. The summed E-state index contributed by atoms with van der Waals surface area (Å²) in [7, 11) is -2.51. The van der Waals surface area contributed by atoms with Crippen LogP contribution in [-0.2, 0) is 4.43 Å². The summed E-state index contributed by atoms with van der Waals surface area (Å²) in [5, 5.41) is 5.40. The van der Waals surface area contributed by atoms with E-state index in [0.29, 0.717) is 5.92 Å². The zero-order valence-corrected chi connectivity index (χ0v) is 22.3. The van der Waals surface area contributed by atoms with E-state index >= 15 is 0 Å². The summed E-state index contributed by atoms with van der Waals surface area (Å²) in [4.78, 5) is 0. The fraction of sp³-hybridized carbons (Fsp3) is 0.312. The maximum atomic E-state index is 7.29. The third kappa shape index (κ3) is 4.89. The summed E-state index contributed by atoms with van der Waals surface area (Å²) in [6.45, 7) is 11.7. The van der Waals surface area contributed by atoms with Crippen molar-refractivity contribution in [1.82, 2.24) is 0 Å². The number of hydrogen-bond donors (Lipinski definition) is 0. The van der Waals surface area contributed by atoms with Crippen molar-refractivity contribution in [2.24, 2.45) is 0 Å². The average molecular weight is 467 g/mol. The third-order valence-electron chi connectivity index (χ3n) is 7.16. The third-order valence-corrected chi connectivity index (χ3v) is 12.3. The van der Waals surface area contributed by atoms with Crippen LogP contribution in [0, 0.1) is 0 Å². The van der Waals surface area contributed by atoms with Crippen LogP contribution in [-0.4, -0.2) is 14.4 Å². The monoisotopic (exact) mass is 466 g/mol. The van der Waals surface area contributed by atoms with E-state index in [1.807, 2.05) is 0 Å². The van der Waals surface area contributed by atoms with Gasteiger partial charge in [-0.1, -0.05) is 131 Å². The molecule has 0 unspecified atom stereocenters. The summed E-state index contributed by atoms with van der Waals surface area (Å²) < 4.78 is 7.29. The minimum Gasteiger partial charge on any atom is -0.405 e. The van der Waals surface area contributed by atoms with Crippen LogP contribution in [0.15, 0.2) is 103 Å². The lowest BCUT2D eigenvalue weighted by Crippen LogP contribution is -2.67. The second-order valence-electron chi connectivity index (χ2n) is 10.6. The van der Waals surface area contributed by atoms with Crippen LogP contribution in [0.25, 0.3) is 10.8 Å². The molecule has 0 aromatic heterocycles. The molecule has 34 heavy (non-hydrogen) atoms. The Bertz CT molecular complexity index is 1150. The van der Waals surface area contributed by atoms with Gasteiger partial charge in [0.05, 0.1) is 0 Å². The smallest absolute Gasteiger partial charge is 0.261 e. The molecule has 0 fully saturated rings. The first-order valence-electron chi connectivity index (χ1n) is 12.6. The van der Waals surface area contributed by atoms with E-state index in [2.05, 4.69) is 138 Å². The molecule has 1 nitrogen and oxygen atoms in total. The van der Waals surface area contributed by atoms with Crippen LogP contribution in [0.4, 0.5) is 0 Å². The first-order valence-corrected chi connectivity index (χ1v) is 14.5. The largest absolute Gasteiger partial charge is 0.405 e. The lowest BCUT2D eigenvalue weighted by Gasteiger charge is -2.44. The van der Waals surface area contributed by atoms with Crippen molar-refractivity contribution in [3.05, 3.63) is 109 Å². The van der Waals surface area contributed by atoms with Gasteiger partial charge >= 0.3 is 0 Å². The molecule has 0 spiro atoms. The van der Waals surface area contributed by atoms with Gasteiger partial charge in [0.2, 0.25) is 0 Å². The number of fused-ring (bicyclic) bond motifs is 1. The van der Waals surface area contributed by atoms with Crippen LogP contribution in [0.5, 0.6) is 0 Å². The Labute approximate surface area is 206 Å². The van der Waals surface area contributed by atoms with Crippen molar-refractivity contribution in [3.63, 3.8) is 0 Å². The molecule has 0 heterocycles. The fourth-order valence-corrected chi connectivity index (χ4v) is 10.1. The van der Waals surface area contributed by atoms with Crippen molar-refractivity contribution < 1.29 is 4.43 Å². The molecule has 4 aromatic carbocycles. The Kier molecular flexibility index (Phi) is 7.40. The van der Waals surface area contributed by atoms with Crippen molar-refractivity contribution >= 4 is 29.5 Å². The zero-order valence-electron chi connectivity index (χ0n) is 21.3. The second kappa shape index (κ2) is 10.3. The predicted molar refractivity (Wildman–Crippen MR) is 150 cm³/mol. The molecule has 0 aliphatic heterocycles. The van der Waals surface area contributed by atoms with Gasteiger partial charge in [0, 0.05) is 6.10 Å². The second-order valence-corrected chi connectivity index (χ2v) is 14.9. The summed E-state index contributed by atoms with van der Waals surface area (Å²) in [5.41, 5.74) is 1.44. The van der Waals surface area contributed by atoms with E-state index in [1.54, 1.807) is 0 Å². The first-order chi connectivity index (χ1) is 16.3. The molecule has 0 N–H and O–H groups in total. The van der Waals surface area contributed by atoms with E-state index < -0.39 is 8.32 Å². The molecule has 176 valence electrons. The van der Waals surface area contributed by atoms with Crippen molar-refractivity contribution in [1.29, 1.82) is 0 Å². The van der Waals surface area contributed by atoms with Gasteiger partial charge in [-0.2, -0.15) is 0 Å². The summed E-state index contributed by atoms with van der Waals surface area (Å²) in [5.74, 6) is 0.483. The Morgan fingerprint density at radius 2 is 1.18 bits per heavy atom. The van der Waals surface area contributed by atoms with Gasteiger partial charge in [0.25, 0.3) is 8.32 Å². The van der Waals surface area contributed by atoms with Gasteiger partial charge in [-0.05, 0) is 57.4 Å². The van der Waals surface area contributed by atoms with E-state index in [1.165, 1.54) is 26.7 Å². The van der Waals surface area contributed by atoms with E-state index in [4.69, 9.17) is 4.43 Å². The van der Waals surface area contributed by atoms with Gasteiger partial charge in [-0.3, -0.25) is 0 Å². The molecule has 2 atom stereocenters. The highest BCUT2D eigenvalue weighted by atomic mass is 28.4. The molecule has 0 saturated heterocycles. The Balaban J connectivity index is 1.61. The molecule has 0 amide bonds. The minimum absolute atomic E-state index is 0.00517. The van der Waals surface area contributed by atoms with Crippen molar-refractivity contribution in [2.45, 2.75) is 64.5 Å². The molecule has 0 aliphatic carbocycles. The minimum atomic E-state index is -2.51. The summed E-state index contributed by atoms with van der Waals surface area (Å²) in [6.07, 6.45) is 2.31. The molecule has 0 aliphatic rings. The van der Waals surface area contributed by atoms with Gasteiger partial charge in [-0.25, -0.2) is 0 Å². The molecule has 4 aromatic rings. The predicted octanol–water partition coefficient (Wildman–Crippen LogP) is 7.69. The molecule has 0 saturated carbocycles. The van der Waals surface area contributed by atoms with Crippen LogP contribution in [0.2, 0.25) is 5.04 Å².